The molecule has 0 fully saturated rings. The lowest BCUT2D eigenvalue weighted by atomic mass is 10.1. The second kappa shape index (κ2) is 3.11. The smallest absolute Gasteiger partial charge is 0.0601 e. The van der Waals surface area contributed by atoms with Gasteiger partial charge < -0.3 is 4.98 Å². The molecule has 0 bridgehead atoms. The van der Waals surface area contributed by atoms with Crippen LogP contribution < -0.4 is 0 Å². The number of hydrogen-bond acceptors (Lipinski definition) is 0. The number of aromatic amines is 1. The molecule has 2 rings (SSSR count). The number of alkyl halides is 1. The molecule has 1 N–H and O–H groups in total. The summed E-state index contributed by atoms with van der Waals surface area (Å²) in [5.41, 5.74) is 2.28. The van der Waals surface area contributed by atoms with Crippen molar-refractivity contribution in [2.24, 2.45) is 0 Å². The first kappa shape index (κ1) is 8.14. The van der Waals surface area contributed by atoms with Crippen molar-refractivity contribution in [3.63, 3.8) is 0 Å². The topological polar surface area (TPSA) is 15.8 Å². The first-order valence-electron chi connectivity index (χ1n) is 3.63. The van der Waals surface area contributed by atoms with Crippen molar-refractivity contribution in [3.05, 3.63) is 34.4 Å². The van der Waals surface area contributed by atoms with Crippen molar-refractivity contribution < 1.29 is 0 Å². The summed E-state index contributed by atoms with van der Waals surface area (Å²) in [5, 5.41) is 1.19. The molecular weight excluding hydrogens is 237 g/mol. The summed E-state index contributed by atoms with van der Waals surface area (Å²) < 4.78 is 1.08. The van der Waals surface area contributed by atoms with Gasteiger partial charge >= 0.3 is 0 Å². The molecule has 0 aliphatic heterocycles. The highest BCUT2D eigenvalue weighted by atomic mass is 79.9. The van der Waals surface area contributed by atoms with E-state index < -0.39 is 0 Å². The maximum Gasteiger partial charge on any atom is 0.0601 e. The Morgan fingerprint density at radius 1 is 1.33 bits per heavy atom. The Labute approximate surface area is 83.9 Å². The molecule has 62 valence electrons. The molecule has 0 unspecified atom stereocenters. The van der Waals surface area contributed by atoms with E-state index >= 15 is 0 Å². The summed E-state index contributed by atoms with van der Waals surface area (Å²) in [7, 11) is 0. The minimum Gasteiger partial charge on any atom is -0.360 e. The number of fused-ring (bicyclic) bond motifs is 1. The van der Waals surface area contributed by atoms with E-state index in [9.17, 15) is 0 Å². The molecule has 0 saturated carbocycles. The van der Waals surface area contributed by atoms with E-state index in [1.165, 1.54) is 5.39 Å². The molecule has 1 aromatic carbocycles. The van der Waals surface area contributed by atoms with Gasteiger partial charge in [0.1, 0.15) is 0 Å². The van der Waals surface area contributed by atoms with E-state index in [4.69, 9.17) is 11.6 Å². The molecule has 1 heterocycles. The molecule has 0 saturated heterocycles. The lowest BCUT2D eigenvalue weighted by Crippen LogP contribution is -1.79. The average molecular weight is 245 g/mol. The van der Waals surface area contributed by atoms with Gasteiger partial charge in [-0.05, 0) is 33.6 Å². The molecule has 0 radical (unpaired) electrons. The molecule has 0 atom stereocenters. The molecule has 0 spiro atoms. The van der Waals surface area contributed by atoms with Crippen molar-refractivity contribution in [3.8, 4) is 0 Å². The Bertz CT molecular complexity index is 408. The quantitative estimate of drug-likeness (QED) is 0.737. The van der Waals surface area contributed by atoms with E-state index in [2.05, 4.69) is 20.9 Å². The lowest BCUT2D eigenvalue weighted by Gasteiger charge is -1.99. The van der Waals surface area contributed by atoms with Gasteiger partial charge in [-0.25, -0.2) is 0 Å². The summed E-state index contributed by atoms with van der Waals surface area (Å²) in [5.74, 6) is 0.557. The van der Waals surface area contributed by atoms with E-state index in [-0.39, 0.29) is 0 Å². The standard InChI is InChI=1S/C9H7BrClN/c10-8-2-1-6(5-11)7-3-4-12-9(7)8/h1-4,12H,5H2. The maximum absolute atomic E-state index is 5.79. The number of aromatic nitrogens is 1. The van der Waals surface area contributed by atoms with Gasteiger partial charge in [0.15, 0.2) is 0 Å². The number of nitrogens with one attached hydrogen (secondary N) is 1. The van der Waals surface area contributed by atoms with Crippen LogP contribution in [0.4, 0.5) is 0 Å². The minimum absolute atomic E-state index is 0.557. The largest absolute Gasteiger partial charge is 0.360 e. The zero-order valence-corrected chi connectivity index (χ0v) is 8.61. The van der Waals surface area contributed by atoms with Crippen LogP contribution in [0.3, 0.4) is 0 Å². The number of H-pyrrole nitrogens is 1. The van der Waals surface area contributed by atoms with Gasteiger partial charge in [0, 0.05) is 21.9 Å². The average Bonchev–Trinajstić information content (AvgIpc) is 2.54. The molecule has 1 nitrogen and oxygen atoms in total. The van der Waals surface area contributed by atoms with Crippen molar-refractivity contribution in [1.29, 1.82) is 0 Å². The Morgan fingerprint density at radius 3 is 2.92 bits per heavy atom. The summed E-state index contributed by atoms with van der Waals surface area (Å²) in [6.45, 7) is 0. The second-order valence-corrected chi connectivity index (χ2v) is 3.73. The molecular formula is C9H7BrClN. The van der Waals surface area contributed by atoms with E-state index in [1.807, 2.05) is 24.4 Å². The highest BCUT2D eigenvalue weighted by Gasteiger charge is 2.03. The van der Waals surface area contributed by atoms with Crippen LogP contribution in [0.2, 0.25) is 0 Å². The number of hydrogen-bond donors (Lipinski definition) is 1. The van der Waals surface area contributed by atoms with Crippen LogP contribution in [0.1, 0.15) is 5.56 Å². The normalized spacial score (nSPS) is 10.8. The van der Waals surface area contributed by atoms with E-state index in [0.29, 0.717) is 5.88 Å². The van der Waals surface area contributed by atoms with Crippen LogP contribution in [-0.2, 0) is 5.88 Å². The van der Waals surface area contributed by atoms with Crippen LogP contribution in [0.5, 0.6) is 0 Å². The molecule has 1 aromatic heterocycles. The van der Waals surface area contributed by atoms with Crippen LogP contribution in [0, 0.1) is 0 Å². The monoisotopic (exact) mass is 243 g/mol. The third-order valence-electron chi connectivity index (χ3n) is 1.91. The summed E-state index contributed by atoms with van der Waals surface area (Å²) >= 11 is 9.25. The van der Waals surface area contributed by atoms with Gasteiger partial charge in [0.2, 0.25) is 0 Å². The van der Waals surface area contributed by atoms with Crippen LogP contribution in [0.25, 0.3) is 10.9 Å². The fourth-order valence-electron chi connectivity index (χ4n) is 1.30. The Balaban J connectivity index is 2.82. The highest BCUT2D eigenvalue weighted by molar-refractivity contribution is 9.10. The number of halogens is 2. The van der Waals surface area contributed by atoms with Gasteiger partial charge in [-0.2, -0.15) is 0 Å². The van der Waals surface area contributed by atoms with Gasteiger partial charge in [-0.1, -0.05) is 6.07 Å². The number of rotatable bonds is 1. The minimum atomic E-state index is 0.557. The third kappa shape index (κ3) is 1.15. The van der Waals surface area contributed by atoms with Gasteiger partial charge in [-0.3, -0.25) is 0 Å². The first-order valence-corrected chi connectivity index (χ1v) is 4.96. The van der Waals surface area contributed by atoms with E-state index in [1.54, 1.807) is 0 Å². The Hall–Kier alpha value is -0.470. The van der Waals surface area contributed by atoms with Gasteiger partial charge in [0.25, 0.3) is 0 Å². The van der Waals surface area contributed by atoms with Crippen molar-refractivity contribution in [1.82, 2.24) is 4.98 Å². The first-order chi connectivity index (χ1) is 5.83. The SMILES string of the molecule is ClCc1ccc(Br)c2[nH]ccc12. The van der Waals surface area contributed by atoms with Gasteiger partial charge in [0.05, 0.1) is 5.52 Å². The van der Waals surface area contributed by atoms with Crippen LogP contribution in [-0.4, -0.2) is 4.98 Å². The van der Waals surface area contributed by atoms with E-state index in [0.717, 1.165) is 15.6 Å². The molecule has 2 aromatic rings. The second-order valence-electron chi connectivity index (χ2n) is 2.61. The summed E-state index contributed by atoms with van der Waals surface area (Å²) in [6, 6.07) is 6.08. The highest BCUT2D eigenvalue weighted by Crippen LogP contribution is 2.26. The zero-order chi connectivity index (χ0) is 8.55. The van der Waals surface area contributed by atoms with Crippen LogP contribution in [0.15, 0.2) is 28.9 Å². The summed E-state index contributed by atoms with van der Waals surface area (Å²) in [6.07, 6.45) is 1.92. The van der Waals surface area contributed by atoms with Crippen molar-refractivity contribution >= 4 is 38.4 Å². The van der Waals surface area contributed by atoms with Crippen molar-refractivity contribution in [2.75, 3.05) is 0 Å². The molecule has 3 heteroatoms. The molecule has 12 heavy (non-hydrogen) atoms. The molecule has 0 amide bonds. The Kier molecular flexibility index (Phi) is 2.11. The predicted molar refractivity (Wildman–Crippen MR) is 55.6 cm³/mol. The number of benzene rings is 1. The molecule has 0 aliphatic carbocycles. The Morgan fingerprint density at radius 2 is 2.17 bits per heavy atom. The van der Waals surface area contributed by atoms with Gasteiger partial charge in [-0.15, -0.1) is 11.6 Å². The third-order valence-corrected chi connectivity index (χ3v) is 2.86. The predicted octanol–water partition coefficient (Wildman–Crippen LogP) is 3.67. The van der Waals surface area contributed by atoms with Crippen molar-refractivity contribution in [2.45, 2.75) is 5.88 Å². The maximum atomic E-state index is 5.79. The summed E-state index contributed by atoms with van der Waals surface area (Å²) in [4.78, 5) is 3.16. The molecule has 0 aliphatic rings. The lowest BCUT2D eigenvalue weighted by molar-refractivity contribution is 1.43. The fourth-order valence-corrected chi connectivity index (χ4v) is 1.99. The zero-order valence-electron chi connectivity index (χ0n) is 6.27. The fraction of sp³-hybridized carbons (Fsp3) is 0.111. The van der Waals surface area contributed by atoms with Crippen LogP contribution >= 0.6 is 27.5 Å².